The van der Waals surface area contributed by atoms with Gasteiger partial charge in [-0.25, -0.2) is 0 Å². The lowest BCUT2D eigenvalue weighted by Gasteiger charge is -2.30. The van der Waals surface area contributed by atoms with Crippen molar-refractivity contribution in [3.8, 4) is 6.07 Å². The van der Waals surface area contributed by atoms with Gasteiger partial charge in [-0.1, -0.05) is 6.58 Å². The Balaban J connectivity index is 2.50. The molecule has 0 aromatic heterocycles. The average Bonchev–Trinajstić information content (AvgIpc) is 2.70. The first kappa shape index (κ1) is 18.8. The van der Waals surface area contributed by atoms with E-state index in [-0.39, 0.29) is 11.6 Å². The summed E-state index contributed by atoms with van der Waals surface area (Å²) in [5.41, 5.74) is 3.03. The first-order valence-corrected chi connectivity index (χ1v) is 7.68. The maximum absolute atomic E-state index is 13.2. The van der Waals surface area contributed by atoms with E-state index in [1.165, 1.54) is 12.1 Å². The zero-order valence-electron chi connectivity index (χ0n) is 14.0. The second-order valence-electron chi connectivity index (χ2n) is 6.25. The highest BCUT2D eigenvalue weighted by Crippen LogP contribution is 2.40. The third-order valence-corrected chi connectivity index (χ3v) is 4.24. The topological polar surface area (TPSA) is 73.4 Å². The zero-order valence-corrected chi connectivity index (χ0v) is 14.0. The van der Waals surface area contributed by atoms with Crippen LogP contribution >= 0.6 is 0 Å². The standard InChI is InChI=1S/C17H19F3N4O/c1-11-23(8-4-7-21)16(2,3)15(25)24(11)13-6-5-12(10-22)14(9-13)17(18,19)20/h5-6,9H,1,4,7-8,21H2,2-3H3. The number of carbonyl (C=O) groups excluding carboxylic acids is 1. The van der Waals surface area contributed by atoms with Crippen LogP contribution in [0, 0.1) is 11.3 Å². The number of hydrogen-bond donors (Lipinski definition) is 1. The summed E-state index contributed by atoms with van der Waals surface area (Å²) in [7, 11) is 0. The molecule has 1 aliphatic rings. The lowest BCUT2D eigenvalue weighted by Crippen LogP contribution is -2.43. The molecule has 0 unspecified atom stereocenters. The molecule has 2 rings (SSSR count). The summed E-state index contributed by atoms with van der Waals surface area (Å²) in [4.78, 5) is 15.7. The molecule has 0 spiro atoms. The van der Waals surface area contributed by atoms with Crippen LogP contribution in [0.3, 0.4) is 0 Å². The Kier molecular flexibility index (Phi) is 4.82. The number of hydrogen-bond acceptors (Lipinski definition) is 4. The predicted molar refractivity (Wildman–Crippen MR) is 87.2 cm³/mol. The predicted octanol–water partition coefficient (Wildman–Crippen LogP) is 2.82. The Hall–Kier alpha value is -2.53. The summed E-state index contributed by atoms with van der Waals surface area (Å²) >= 11 is 0. The van der Waals surface area contributed by atoms with Crippen molar-refractivity contribution in [2.45, 2.75) is 32.0 Å². The number of amides is 1. The molecular weight excluding hydrogens is 333 g/mol. The lowest BCUT2D eigenvalue weighted by atomic mass is 10.0. The van der Waals surface area contributed by atoms with Crippen LogP contribution in [0.25, 0.3) is 0 Å². The molecule has 0 atom stereocenters. The lowest BCUT2D eigenvalue weighted by molar-refractivity contribution is -0.137. The average molecular weight is 352 g/mol. The van der Waals surface area contributed by atoms with Crippen LogP contribution in [0.5, 0.6) is 0 Å². The first-order chi connectivity index (χ1) is 11.6. The number of rotatable bonds is 4. The molecule has 25 heavy (non-hydrogen) atoms. The number of anilines is 1. The van der Waals surface area contributed by atoms with E-state index in [1.807, 2.05) is 0 Å². The van der Waals surface area contributed by atoms with E-state index in [2.05, 4.69) is 6.58 Å². The number of nitrogens with zero attached hydrogens (tertiary/aromatic N) is 3. The molecule has 1 saturated heterocycles. The maximum Gasteiger partial charge on any atom is 0.417 e. The van der Waals surface area contributed by atoms with E-state index in [9.17, 15) is 18.0 Å². The third-order valence-electron chi connectivity index (χ3n) is 4.24. The highest BCUT2D eigenvalue weighted by molar-refractivity contribution is 6.05. The van der Waals surface area contributed by atoms with E-state index in [4.69, 9.17) is 11.0 Å². The number of nitrogens with two attached hydrogens (primary N) is 1. The summed E-state index contributed by atoms with van der Waals surface area (Å²) in [6.07, 6.45) is -4.08. The first-order valence-electron chi connectivity index (χ1n) is 7.68. The number of carbonyl (C=O) groups is 1. The molecule has 1 heterocycles. The fourth-order valence-corrected chi connectivity index (χ4v) is 2.88. The molecule has 8 heteroatoms. The van der Waals surface area contributed by atoms with E-state index >= 15 is 0 Å². The number of halogens is 3. The van der Waals surface area contributed by atoms with Crippen molar-refractivity contribution < 1.29 is 18.0 Å². The maximum atomic E-state index is 13.2. The molecule has 1 amide bonds. The second kappa shape index (κ2) is 6.41. The molecule has 2 N–H and O–H groups in total. The molecule has 0 bridgehead atoms. The van der Waals surface area contributed by atoms with Gasteiger partial charge in [0, 0.05) is 6.54 Å². The van der Waals surface area contributed by atoms with Crippen molar-refractivity contribution in [1.82, 2.24) is 4.90 Å². The Morgan fingerprint density at radius 2 is 2.00 bits per heavy atom. The normalized spacial score (nSPS) is 17.2. The fourth-order valence-electron chi connectivity index (χ4n) is 2.88. The van der Waals surface area contributed by atoms with Gasteiger partial charge >= 0.3 is 6.18 Å². The monoisotopic (exact) mass is 352 g/mol. The summed E-state index contributed by atoms with van der Waals surface area (Å²) < 4.78 is 39.6. The van der Waals surface area contributed by atoms with Gasteiger partial charge in [0.05, 0.1) is 22.9 Å². The van der Waals surface area contributed by atoms with Crippen molar-refractivity contribution in [3.05, 3.63) is 41.7 Å². The van der Waals surface area contributed by atoms with Gasteiger partial charge < -0.3 is 10.6 Å². The van der Waals surface area contributed by atoms with Crippen molar-refractivity contribution in [2.24, 2.45) is 5.73 Å². The van der Waals surface area contributed by atoms with E-state index in [0.717, 1.165) is 17.0 Å². The van der Waals surface area contributed by atoms with Crippen LogP contribution in [-0.2, 0) is 11.0 Å². The van der Waals surface area contributed by atoms with E-state index < -0.39 is 22.8 Å². The second-order valence-corrected chi connectivity index (χ2v) is 6.25. The Bertz CT molecular complexity index is 749. The molecule has 134 valence electrons. The largest absolute Gasteiger partial charge is 0.417 e. The summed E-state index contributed by atoms with van der Waals surface area (Å²) in [6, 6.07) is 4.72. The summed E-state index contributed by atoms with van der Waals surface area (Å²) in [5, 5.41) is 8.90. The van der Waals surface area contributed by atoms with Crippen LogP contribution in [0.4, 0.5) is 18.9 Å². The number of nitriles is 1. The van der Waals surface area contributed by atoms with Gasteiger partial charge in [-0.15, -0.1) is 0 Å². The van der Waals surface area contributed by atoms with Crippen LogP contribution in [-0.4, -0.2) is 29.4 Å². The minimum Gasteiger partial charge on any atom is -0.344 e. The fraction of sp³-hybridized carbons (Fsp3) is 0.412. The molecule has 5 nitrogen and oxygen atoms in total. The van der Waals surface area contributed by atoms with Crippen LogP contribution in [0.2, 0.25) is 0 Å². The molecule has 1 aromatic rings. The highest BCUT2D eigenvalue weighted by Gasteiger charge is 2.48. The molecule has 0 radical (unpaired) electrons. The van der Waals surface area contributed by atoms with Crippen molar-refractivity contribution in [1.29, 1.82) is 5.26 Å². The Morgan fingerprint density at radius 3 is 2.52 bits per heavy atom. The SMILES string of the molecule is C=C1N(c2ccc(C#N)c(C(F)(F)F)c2)C(=O)C(C)(C)N1CCCN. The quantitative estimate of drug-likeness (QED) is 0.904. The minimum absolute atomic E-state index is 0.0321. The van der Waals surface area contributed by atoms with Gasteiger partial charge in [0.2, 0.25) is 0 Å². The van der Waals surface area contributed by atoms with Gasteiger partial charge in [-0.2, -0.15) is 18.4 Å². The van der Waals surface area contributed by atoms with Gasteiger partial charge in [0.15, 0.2) is 0 Å². The molecule has 1 aromatic carbocycles. The Labute approximate surface area is 144 Å². The molecule has 0 saturated carbocycles. The van der Waals surface area contributed by atoms with Crippen LogP contribution in [0.15, 0.2) is 30.6 Å². The smallest absolute Gasteiger partial charge is 0.344 e. The highest BCUT2D eigenvalue weighted by atomic mass is 19.4. The van der Waals surface area contributed by atoms with Crippen molar-refractivity contribution >= 4 is 11.6 Å². The van der Waals surface area contributed by atoms with Gasteiger partial charge in [-0.05, 0) is 45.0 Å². The third kappa shape index (κ3) is 3.20. The number of benzene rings is 1. The number of alkyl halides is 3. The van der Waals surface area contributed by atoms with Gasteiger partial charge in [0.1, 0.15) is 11.4 Å². The summed E-state index contributed by atoms with van der Waals surface area (Å²) in [5.74, 6) is -0.0892. The molecule has 1 aliphatic heterocycles. The van der Waals surface area contributed by atoms with Crippen molar-refractivity contribution in [2.75, 3.05) is 18.0 Å². The Morgan fingerprint density at radius 1 is 1.36 bits per heavy atom. The molecular formula is C17H19F3N4O. The molecule has 1 fully saturated rings. The van der Waals surface area contributed by atoms with Gasteiger partial charge in [0.25, 0.3) is 5.91 Å². The van der Waals surface area contributed by atoms with Crippen LogP contribution < -0.4 is 10.6 Å². The van der Waals surface area contributed by atoms with Crippen LogP contribution in [0.1, 0.15) is 31.4 Å². The van der Waals surface area contributed by atoms with Crippen molar-refractivity contribution in [3.63, 3.8) is 0 Å². The van der Waals surface area contributed by atoms with E-state index in [0.29, 0.717) is 25.3 Å². The minimum atomic E-state index is -4.69. The van der Waals surface area contributed by atoms with Gasteiger partial charge in [-0.3, -0.25) is 9.69 Å². The summed E-state index contributed by atoms with van der Waals surface area (Å²) in [6.45, 7) is 8.13. The molecule has 0 aliphatic carbocycles. The zero-order chi connectivity index (χ0) is 19.0. The van der Waals surface area contributed by atoms with E-state index in [1.54, 1.807) is 18.7 Å².